The van der Waals surface area contributed by atoms with Crippen LogP contribution in [0.1, 0.15) is 0 Å². The number of hydrogen-bond acceptors (Lipinski definition) is 6. The average Bonchev–Trinajstić information content (AvgIpc) is 2.51. The van der Waals surface area contributed by atoms with Crippen LogP contribution in [-0.4, -0.2) is 64.0 Å². The molecule has 2 aromatic rings. The van der Waals surface area contributed by atoms with Gasteiger partial charge in [-0.15, -0.1) is 5.10 Å². The quantitative estimate of drug-likeness (QED) is 0.816. The maximum atomic E-state index is 12.3. The van der Waals surface area contributed by atoms with Crippen LogP contribution in [0.15, 0.2) is 29.1 Å². The molecule has 0 saturated carbocycles. The van der Waals surface area contributed by atoms with E-state index in [1.165, 1.54) is 4.68 Å². The van der Waals surface area contributed by atoms with Gasteiger partial charge < -0.3 is 9.84 Å². The van der Waals surface area contributed by atoms with Crippen molar-refractivity contribution in [3.8, 4) is 0 Å². The maximum Gasteiger partial charge on any atom is 0.277 e. The molecule has 1 fully saturated rings. The molecule has 0 aliphatic carbocycles. The van der Waals surface area contributed by atoms with E-state index in [-0.39, 0.29) is 12.1 Å². The molecular weight excluding hydrogens is 272 g/mol. The van der Waals surface area contributed by atoms with Gasteiger partial charge >= 0.3 is 0 Å². The Balaban J connectivity index is 1.72. The highest BCUT2D eigenvalue weighted by Gasteiger charge is 2.16. The van der Waals surface area contributed by atoms with Gasteiger partial charge in [0.2, 0.25) is 0 Å². The van der Waals surface area contributed by atoms with Crippen molar-refractivity contribution < 1.29 is 9.84 Å². The van der Waals surface area contributed by atoms with Gasteiger partial charge in [-0.3, -0.25) is 9.69 Å². The highest BCUT2D eigenvalue weighted by Crippen LogP contribution is 2.04. The van der Waals surface area contributed by atoms with Crippen LogP contribution < -0.4 is 5.56 Å². The second kappa shape index (κ2) is 6.30. The van der Waals surface area contributed by atoms with Crippen LogP contribution in [0.3, 0.4) is 0 Å². The zero-order valence-corrected chi connectivity index (χ0v) is 11.7. The van der Waals surface area contributed by atoms with E-state index in [4.69, 9.17) is 4.74 Å². The Hall–Kier alpha value is -1.83. The minimum absolute atomic E-state index is 0.147. The smallest absolute Gasteiger partial charge is 0.277 e. The molecule has 7 nitrogen and oxygen atoms in total. The predicted octanol–water partition coefficient (Wildman–Crippen LogP) is -0.515. The summed E-state index contributed by atoms with van der Waals surface area (Å²) in [5, 5.41) is 18.6. The van der Waals surface area contributed by atoms with E-state index < -0.39 is 6.10 Å². The summed E-state index contributed by atoms with van der Waals surface area (Å²) in [7, 11) is 0. The Morgan fingerprint density at radius 3 is 2.81 bits per heavy atom. The Morgan fingerprint density at radius 2 is 2.00 bits per heavy atom. The fourth-order valence-corrected chi connectivity index (χ4v) is 2.48. The summed E-state index contributed by atoms with van der Waals surface area (Å²) in [6.07, 6.45) is -0.656. The summed E-state index contributed by atoms with van der Waals surface area (Å²) >= 11 is 0. The fraction of sp³-hybridized carbons (Fsp3) is 0.500. The van der Waals surface area contributed by atoms with Gasteiger partial charge in [-0.05, 0) is 12.1 Å². The number of aliphatic hydroxyl groups is 1. The largest absolute Gasteiger partial charge is 0.390 e. The number of aliphatic hydroxyl groups excluding tert-OH is 1. The number of benzene rings is 1. The highest BCUT2D eigenvalue weighted by molar-refractivity contribution is 5.76. The molecule has 0 unspecified atom stereocenters. The molecule has 0 radical (unpaired) electrons. The van der Waals surface area contributed by atoms with Crippen molar-refractivity contribution in [1.82, 2.24) is 19.9 Å². The first-order chi connectivity index (χ1) is 10.2. The van der Waals surface area contributed by atoms with E-state index in [1.54, 1.807) is 18.2 Å². The van der Waals surface area contributed by atoms with Crippen LogP contribution >= 0.6 is 0 Å². The van der Waals surface area contributed by atoms with E-state index in [0.717, 1.165) is 13.1 Å². The summed E-state index contributed by atoms with van der Waals surface area (Å²) in [5.41, 5.74) is 0.350. The SMILES string of the molecule is O=c1c2ccccc2nnn1C[C@H](O)CN1CCOCC1. The molecule has 3 rings (SSSR count). The summed E-state index contributed by atoms with van der Waals surface area (Å²) < 4.78 is 6.50. The van der Waals surface area contributed by atoms with Gasteiger partial charge in [-0.1, -0.05) is 17.3 Å². The minimum atomic E-state index is -0.656. The van der Waals surface area contributed by atoms with Crippen LogP contribution in [-0.2, 0) is 11.3 Å². The van der Waals surface area contributed by atoms with Gasteiger partial charge in [-0.25, -0.2) is 4.68 Å². The van der Waals surface area contributed by atoms with Crippen molar-refractivity contribution in [3.63, 3.8) is 0 Å². The molecule has 1 aromatic carbocycles. The van der Waals surface area contributed by atoms with Crippen LogP contribution in [0.2, 0.25) is 0 Å². The third-order valence-electron chi connectivity index (χ3n) is 3.59. The molecule has 1 N–H and O–H groups in total. The average molecular weight is 290 g/mol. The highest BCUT2D eigenvalue weighted by atomic mass is 16.5. The number of aromatic nitrogens is 3. The van der Waals surface area contributed by atoms with E-state index in [1.807, 2.05) is 6.07 Å². The van der Waals surface area contributed by atoms with Crippen molar-refractivity contribution in [2.45, 2.75) is 12.6 Å². The Bertz CT molecular complexity index is 667. The van der Waals surface area contributed by atoms with Gasteiger partial charge in [0.05, 0.1) is 31.2 Å². The lowest BCUT2D eigenvalue weighted by molar-refractivity contribution is 0.0104. The molecule has 0 amide bonds. The molecule has 0 bridgehead atoms. The number of rotatable bonds is 4. The normalized spacial score (nSPS) is 18.0. The van der Waals surface area contributed by atoms with Gasteiger partial charge in [0.1, 0.15) is 5.52 Å². The molecule has 0 spiro atoms. The van der Waals surface area contributed by atoms with Crippen molar-refractivity contribution in [2.24, 2.45) is 0 Å². The Kier molecular flexibility index (Phi) is 4.23. The van der Waals surface area contributed by atoms with E-state index in [0.29, 0.717) is 30.7 Å². The second-order valence-corrected chi connectivity index (χ2v) is 5.16. The van der Waals surface area contributed by atoms with Crippen molar-refractivity contribution in [1.29, 1.82) is 0 Å². The second-order valence-electron chi connectivity index (χ2n) is 5.16. The van der Waals surface area contributed by atoms with Crippen molar-refractivity contribution in [3.05, 3.63) is 34.6 Å². The maximum absolute atomic E-state index is 12.3. The van der Waals surface area contributed by atoms with Crippen LogP contribution in [0.4, 0.5) is 0 Å². The van der Waals surface area contributed by atoms with Crippen molar-refractivity contribution in [2.75, 3.05) is 32.8 Å². The molecule has 1 aromatic heterocycles. The first-order valence-corrected chi connectivity index (χ1v) is 7.05. The first kappa shape index (κ1) is 14.1. The molecule has 1 atom stereocenters. The Labute approximate surface area is 121 Å². The molecule has 21 heavy (non-hydrogen) atoms. The lowest BCUT2D eigenvalue weighted by Gasteiger charge is -2.28. The Morgan fingerprint density at radius 1 is 1.24 bits per heavy atom. The standard InChI is InChI=1S/C14H18N4O3/c19-11(9-17-5-7-21-8-6-17)10-18-14(20)12-3-1-2-4-13(12)15-16-18/h1-4,11,19H,5-10H2/t11-/m1/s1. The van der Waals surface area contributed by atoms with Crippen LogP contribution in [0.5, 0.6) is 0 Å². The van der Waals surface area contributed by atoms with Crippen molar-refractivity contribution >= 4 is 10.9 Å². The lowest BCUT2D eigenvalue weighted by Crippen LogP contribution is -2.43. The fourth-order valence-electron chi connectivity index (χ4n) is 2.48. The molecular formula is C14H18N4O3. The van der Waals surface area contributed by atoms with Gasteiger partial charge in [0.25, 0.3) is 5.56 Å². The number of morpholine rings is 1. The molecule has 2 heterocycles. The number of ether oxygens (including phenoxy) is 1. The minimum Gasteiger partial charge on any atom is -0.390 e. The first-order valence-electron chi connectivity index (χ1n) is 7.05. The van der Waals surface area contributed by atoms with Gasteiger partial charge in [0, 0.05) is 19.6 Å². The lowest BCUT2D eigenvalue weighted by atomic mass is 10.2. The number of nitrogens with zero attached hydrogens (tertiary/aromatic N) is 4. The number of β-amino-alcohol motifs (C(OH)–C–C–N with tert-alkyl or cyclic N) is 1. The van der Waals surface area contributed by atoms with Gasteiger partial charge in [0.15, 0.2) is 0 Å². The number of fused-ring (bicyclic) bond motifs is 1. The van der Waals surface area contributed by atoms with E-state index >= 15 is 0 Å². The monoisotopic (exact) mass is 290 g/mol. The molecule has 7 heteroatoms. The summed E-state index contributed by atoms with van der Waals surface area (Å²) in [5.74, 6) is 0. The van der Waals surface area contributed by atoms with E-state index in [9.17, 15) is 9.90 Å². The summed E-state index contributed by atoms with van der Waals surface area (Å²) in [6.45, 7) is 3.62. The predicted molar refractivity (Wildman–Crippen MR) is 77.1 cm³/mol. The number of hydrogen-bond donors (Lipinski definition) is 1. The van der Waals surface area contributed by atoms with Crippen LogP contribution in [0.25, 0.3) is 10.9 Å². The molecule has 1 aliphatic rings. The molecule has 1 saturated heterocycles. The zero-order valence-electron chi connectivity index (χ0n) is 11.7. The summed E-state index contributed by atoms with van der Waals surface area (Å²) in [6, 6.07) is 7.07. The molecule has 1 aliphatic heterocycles. The third kappa shape index (κ3) is 3.26. The molecule has 112 valence electrons. The van der Waals surface area contributed by atoms with Gasteiger partial charge in [-0.2, -0.15) is 0 Å². The zero-order chi connectivity index (χ0) is 14.7. The third-order valence-corrected chi connectivity index (χ3v) is 3.59. The topological polar surface area (TPSA) is 80.5 Å². The van der Waals surface area contributed by atoms with E-state index in [2.05, 4.69) is 15.2 Å². The van der Waals surface area contributed by atoms with Crippen LogP contribution in [0, 0.1) is 0 Å². The summed E-state index contributed by atoms with van der Waals surface area (Å²) in [4.78, 5) is 14.4.